The normalized spacial score (nSPS) is 22.1. The van der Waals surface area contributed by atoms with Gasteiger partial charge in [-0.2, -0.15) is 11.3 Å². The van der Waals surface area contributed by atoms with E-state index < -0.39 is 0 Å². The van der Waals surface area contributed by atoms with Crippen molar-refractivity contribution >= 4 is 34.5 Å². The fourth-order valence-corrected chi connectivity index (χ4v) is 7.25. The van der Waals surface area contributed by atoms with E-state index in [2.05, 4.69) is 63.0 Å². The highest BCUT2D eigenvalue weighted by molar-refractivity contribution is 7.08. The van der Waals surface area contributed by atoms with Gasteiger partial charge in [-0.05, 0) is 96.3 Å². The molecule has 2 nitrogen and oxygen atoms in total. The van der Waals surface area contributed by atoms with E-state index in [0.717, 1.165) is 30.6 Å². The lowest BCUT2D eigenvalue weighted by Gasteiger charge is -2.34. The van der Waals surface area contributed by atoms with Gasteiger partial charge < -0.3 is 4.90 Å². The molecule has 1 aromatic heterocycles. The standard InChI is InChI=1S/C30H36Cl2N2S/c31-28-10-9-25(30(32)17-28)18-34-20-27(29(21-34)26-13-16-35-22-26)19-33-14-11-24(12-15-33)8-4-7-23-5-2-1-3-6-23/h1-3,5-6,9-10,13,16-17,22,24,27,29H,4,7-8,11-12,14-15,18-21H2. The van der Waals surface area contributed by atoms with E-state index in [1.54, 1.807) is 0 Å². The third-order valence-corrected chi connectivity index (χ3v) is 9.31. The highest BCUT2D eigenvalue weighted by Crippen LogP contribution is 2.37. The van der Waals surface area contributed by atoms with Crippen LogP contribution in [0.5, 0.6) is 0 Å². The van der Waals surface area contributed by atoms with E-state index in [4.69, 9.17) is 23.2 Å². The van der Waals surface area contributed by atoms with Crippen LogP contribution >= 0.6 is 34.5 Å². The molecular formula is C30H36Cl2N2S. The van der Waals surface area contributed by atoms with E-state index in [9.17, 15) is 0 Å². The summed E-state index contributed by atoms with van der Waals surface area (Å²) in [7, 11) is 0. The second-order valence-corrected chi connectivity index (χ2v) is 12.1. The third kappa shape index (κ3) is 6.90. The van der Waals surface area contributed by atoms with E-state index in [-0.39, 0.29) is 0 Å². The Morgan fingerprint density at radius 1 is 0.914 bits per heavy atom. The summed E-state index contributed by atoms with van der Waals surface area (Å²) in [5.41, 5.74) is 4.17. The van der Waals surface area contributed by atoms with Gasteiger partial charge in [-0.25, -0.2) is 0 Å². The number of rotatable bonds is 9. The largest absolute Gasteiger partial charge is 0.303 e. The molecule has 2 saturated heterocycles. The SMILES string of the molecule is Clc1ccc(CN2CC(CN3CCC(CCCc4ccccc4)CC3)C(c3ccsc3)C2)c(Cl)c1. The summed E-state index contributed by atoms with van der Waals surface area (Å²) in [4.78, 5) is 5.34. The Balaban J connectivity index is 1.13. The number of hydrogen-bond acceptors (Lipinski definition) is 3. The highest BCUT2D eigenvalue weighted by atomic mass is 35.5. The van der Waals surface area contributed by atoms with Crippen molar-refractivity contribution < 1.29 is 0 Å². The van der Waals surface area contributed by atoms with Gasteiger partial charge in [0.25, 0.3) is 0 Å². The molecule has 186 valence electrons. The summed E-state index contributed by atoms with van der Waals surface area (Å²) >= 11 is 14.4. The van der Waals surface area contributed by atoms with Crippen LogP contribution in [-0.2, 0) is 13.0 Å². The van der Waals surface area contributed by atoms with Crippen molar-refractivity contribution in [3.8, 4) is 0 Å². The van der Waals surface area contributed by atoms with Crippen LogP contribution < -0.4 is 0 Å². The number of likely N-dealkylation sites (tertiary alicyclic amines) is 2. The van der Waals surface area contributed by atoms with Crippen molar-refractivity contribution in [3.63, 3.8) is 0 Å². The molecule has 2 atom stereocenters. The molecule has 5 heteroatoms. The predicted molar refractivity (Wildman–Crippen MR) is 151 cm³/mol. The van der Waals surface area contributed by atoms with Gasteiger partial charge in [0.1, 0.15) is 0 Å². The van der Waals surface area contributed by atoms with Crippen LogP contribution in [0.3, 0.4) is 0 Å². The molecule has 3 aromatic rings. The molecule has 2 aliphatic rings. The highest BCUT2D eigenvalue weighted by Gasteiger charge is 2.35. The van der Waals surface area contributed by atoms with Gasteiger partial charge in [0.2, 0.25) is 0 Å². The first kappa shape index (κ1) is 25.3. The first-order chi connectivity index (χ1) is 17.1. The fraction of sp³-hybridized carbons (Fsp3) is 0.467. The smallest absolute Gasteiger partial charge is 0.0465 e. The van der Waals surface area contributed by atoms with Gasteiger partial charge in [-0.3, -0.25) is 4.90 Å². The number of aryl methyl sites for hydroxylation is 1. The van der Waals surface area contributed by atoms with Gasteiger partial charge in [-0.15, -0.1) is 0 Å². The molecule has 0 N–H and O–H groups in total. The van der Waals surface area contributed by atoms with Gasteiger partial charge in [0, 0.05) is 42.1 Å². The van der Waals surface area contributed by atoms with Crippen LogP contribution in [0.4, 0.5) is 0 Å². The summed E-state index contributed by atoms with van der Waals surface area (Å²) in [6.45, 7) is 6.86. The van der Waals surface area contributed by atoms with Crippen molar-refractivity contribution in [1.29, 1.82) is 0 Å². The van der Waals surface area contributed by atoms with Crippen molar-refractivity contribution in [2.75, 3.05) is 32.7 Å². The van der Waals surface area contributed by atoms with Crippen LogP contribution in [0.1, 0.15) is 48.3 Å². The maximum atomic E-state index is 6.50. The zero-order chi connectivity index (χ0) is 24.0. The summed E-state index contributed by atoms with van der Waals surface area (Å²) < 4.78 is 0. The number of piperidine rings is 1. The third-order valence-electron chi connectivity index (χ3n) is 8.02. The lowest BCUT2D eigenvalue weighted by atomic mass is 9.87. The summed E-state index contributed by atoms with van der Waals surface area (Å²) in [6.07, 6.45) is 6.63. The number of benzene rings is 2. The van der Waals surface area contributed by atoms with Crippen molar-refractivity contribution in [2.45, 2.75) is 44.6 Å². The molecular weight excluding hydrogens is 491 g/mol. The van der Waals surface area contributed by atoms with Crippen LogP contribution in [0, 0.1) is 11.8 Å². The summed E-state index contributed by atoms with van der Waals surface area (Å²) in [5.74, 6) is 2.18. The Morgan fingerprint density at radius 2 is 1.74 bits per heavy atom. The molecule has 2 aliphatic heterocycles. The molecule has 0 radical (unpaired) electrons. The number of halogens is 2. The van der Waals surface area contributed by atoms with Gasteiger partial charge in [0.05, 0.1) is 0 Å². The van der Waals surface area contributed by atoms with Crippen LogP contribution in [0.15, 0.2) is 65.4 Å². The molecule has 2 unspecified atom stereocenters. The number of nitrogens with zero attached hydrogens (tertiary/aromatic N) is 2. The average Bonchev–Trinajstić information content (AvgIpc) is 3.53. The van der Waals surface area contributed by atoms with Crippen LogP contribution in [0.2, 0.25) is 10.0 Å². The first-order valence-corrected chi connectivity index (χ1v) is 14.8. The minimum Gasteiger partial charge on any atom is -0.303 e. The average molecular weight is 528 g/mol. The Labute approximate surface area is 224 Å². The maximum Gasteiger partial charge on any atom is 0.0465 e. The Kier molecular flexibility index (Phi) is 8.86. The molecule has 35 heavy (non-hydrogen) atoms. The topological polar surface area (TPSA) is 6.48 Å². The van der Waals surface area contributed by atoms with Crippen molar-refractivity contribution in [1.82, 2.24) is 9.80 Å². The molecule has 5 rings (SSSR count). The zero-order valence-corrected chi connectivity index (χ0v) is 22.7. The molecule has 0 spiro atoms. The van der Waals surface area contributed by atoms with Gasteiger partial charge >= 0.3 is 0 Å². The minimum absolute atomic E-state index is 0.607. The number of hydrogen-bond donors (Lipinski definition) is 0. The second-order valence-electron chi connectivity index (χ2n) is 10.5. The summed E-state index contributed by atoms with van der Waals surface area (Å²) in [6, 6.07) is 19.2. The molecule has 0 amide bonds. The molecule has 0 aliphatic carbocycles. The lowest BCUT2D eigenvalue weighted by Crippen LogP contribution is -2.38. The predicted octanol–water partition coefficient (Wildman–Crippen LogP) is 8.01. The molecule has 3 heterocycles. The molecule has 2 fully saturated rings. The van der Waals surface area contributed by atoms with Crippen LogP contribution in [-0.4, -0.2) is 42.5 Å². The lowest BCUT2D eigenvalue weighted by molar-refractivity contribution is 0.151. The fourth-order valence-electron chi connectivity index (χ4n) is 6.06. The zero-order valence-electron chi connectivity index (χ0n) is 20.4. The Morgan fingerprint density at radius 3 is 2.49 bits per heavy atom. The summed E-state index contributed by atoms with van der Waals surface area (Å²) in [5, 5.41) is 6.07. The molecule has 0 saturated carbocycles. The number of thiophene rings is 1. The van der Waals surface area contributed by atoms with Gasteiger partial charge in [0.15, 0.2) is 0 Å². The van der Waals surface area contributed by atoms with Crippen molar-refractivity contribution in [3.05, 3.63) is 92.1 Å². The first-order valence-electron chi connectivity index (χ1n) is 13.1. The molecule has 0 bridgehead atoms. The van der Waals surface area contributed by atoms with Gasteiger partial charge in [-0.1, -0.05) is 66.0 Å². The van der Waals surface area contributed by atoms with E-state index in [0.29, 0.717) is 16.9 Å². The molecule has 2 aromatic carbocycles. The quantitative estimate of drug-likeness (QED) is 0.278. The van der Waals surface area contributed by atoms with E-state index in [1.807, 2.05) is 23.5 Å². The minimum atomic E-state index is 0.607. The van der Waals surface area contributed by atoms with Crippen LogP contribution in [0.25, 0.3) is 0 Å². The Bertz CT molecular complexity index is 1050. The Hall–Kier alpha value is -1.36. The van der Waals surface area contributed by atoms with E-state index in [1.165, 1.54) is 68.4 Å². The second kappa shape index (κ2) is 12.3. The van der Waals surface area contributed by atoms with Crippen molar-refractivity contribution in [2.24, 2.45) is 11.8 Å². The van der Waals surface area contributed by atoms with E-state index >= 15 is 0 Å². The maximum absolute atomic E-state index is 6.50. The monoisotopic (exact) mass is 526 g/mol.